The molecule has 0 aromatic heterocycles. The number of hydrogen-bond donors (Lipinski definition) is 1. The van der Waals surface area contributed by atoms with Crippen LogP contribution in [-0.4, -0.2) is 14.2 Å². The summed E-state index contributed by atoms with van der Waals surface area (Å²) < 4.78 is 10.8. The first-order chi connectivity index (χ1) is 8.10. The lowest BCUT2D eigenvalue weighted by Gasteiger charge is -2.28. The quantitative estimate of drug-likeness (QED) is 0.876. The van der Waals surface area contributed by atoms with Gasteiger partial charge in [0.25, 0.3) is 0 Å². The molecule has 0 spiro atoms. The Hall–Kier alpha value is -1.22. The summed E-state index contributed by atoms with van der Waals surface area (Å²) in [6.07, 6.45) is 4.48. The molecule has 2 N–H and O–H groups in total. The van der Waals surface area contributed by atoms with E-state index in [2.05, 4.69) is 6.92 Å². The maximum atomic E-state index is 6.53. The molecule has 1 aromatic rings. The summed E-state index contributed by atoms with van der Waals surface area (Å²) in [5.74, 6) is 1.68. The van der Waals surface area contributed by atoms with Crippen molar-refractivity contribution in [3.05, 3.63) is 23.3 Å². The van der Waals surface area contributed by atoms with E-state index >= 15 is 0 Å². The zero-order valence-corrected chi connectivity index (χ0v) is 10.9. The van der Waals surface area contributed by atoms with E-state index in [1.807, 2.05) is 12.1 Å². The highest BCUT2D eigenvalue weighted by Gasteiger charge is 2.35. The summed E-state index contributed by atoms with van der Waals surface area (Å²) in [4.78, 5) is 0. The van der Waals surface area contributed by atoms with Gasteiger partial charge in [-0.2, -0.15) is 0 Å². The van der Waals surface area contributed by atoms with Crippen molar-refractivity contribution in [3.8, 4) is 11.5 Å². The molecule has 0 atom stereocenters. The van der Waals surface area contributed by atoms with Gasteiger partial charge in [0.15, 0.2) is 0 Å². The van der Waals surface area contributed by atoms with Crippen LogP contribution in [0, 0.1) is 6.92 Å². The van der Waals surface area contributed by atoms with Crippen molar-refractivity contribution in [3.63, 3.8) is 0 Å². The normalized spacial score (nSPS) is 18.1. The van der Waals surface area contributed by atoms with Crippen LogP contribution in [0.3, 0.4) is 0 Å². The third-order valence-electron chi connectivity index (χ3n) is 3.72. The van der Waals surface area contributed by atoms with Gasteiger partial charge >= 0.3 is 0 Å². The molecule has 1 aliphatic carbocycles. The SMILES string of the molecule is COc1cc(C)c(C2(N)CCCC2)c(OC)c1. The van der Waals surface area contributed by atoms with Crippen molar-refractivity contribution >= 4 is 0 Å². The average molecular weight is 235 g/mol. The zero-order valence-electron chi connectivity index (χ0n) is 10.9. The first-order valence-electron chi connectivity index (χ1n) is 6.13. The van der Waals surface area contributed by atoms with Gasteiger partial charge in [-0.1, -0.05) is 12.8 Å². The second kappa shape index (κ2) is 4.57. The molecule has 0 bridgehead atoms. The standard InChI is InChI=1S/C14H21NO2/c1-10-8-11(16-2)9-12(17-3)13(10)14(15)6-4-5-7-14/h8-9H,4-7,15H2,1-3H3. The second-order valence-electron chi connectivity index (χ2n) is 4.88. The summed E-state index contributed by atoms with van der Waals surface area (Å²) in [6.45, 7) is 2.08. The van der Waals surface area contributed by atoms with E-state index in [-0.39, 0.29) is 5.54 Å². The molecule has 17 heavy (non-hydrogen) atoms. The van der Waals surface area contributed by atoms with E-state index < -0.39 is 0 Å². The topological polar surface area (TPSA) is 44.5 Å². The molecule has 1 aromatic carbocycles. The molecule has 0 heterocycles. The third kappa shape index (κ3) is 2.12. The van der Waals surface area contributed by atoms with E-state index in [9.17, 15) is 0 Å². The number of methoxy groups -OCH3 is 2. The number of aryl methyl sites for hydroxylation is 1. The Bertz CT molecular complexity index is 409. The highest BCUT2D eigenvalue weighted by Crippen LogP contribution is 2.43. The van der Waals surface area contributed by atoms with Crippen LogP contribution in [0.1, 0.15) is 36.8 Å². The first-order valence-corrected chi connectivity index (χ1v) is 6.13. The fourth-order valence-electron chi connectivity index (χ4n) is 2.90. The van der Waals surface area contributed by atoms with E-state index in [0.29, 0.717) is 0 Å². The molecule has 1 fully saturated rings. The number of nitrogens with two attached hydrogens (primary N) is 1. The Balaban J connectivity index is 2.52. The number of hydrogen-bond acceptors (Lipinski definition) is 3. The molecule has 0 radical (unpaired) electrons. The van der Waals surface area contributed by atoms with Crippen molar-refractivity contribution in [2.24, 2.45) is 5.73 Å². The Morgan fingerprint density at radius 2 is 1.76 bits per heavy atom. The van der Waals surface area contributed by atoms with Crippen molar-refractivity contribution in [1.82, 2.24) is 0 Å². The van der Waals surface area contributed by atoms with Crippen molar-refractivity contribution in [2.75, 3.05) is 14.2 Å². The third-order valence-corrected chi connectivity index (χ3v) is 3.72. The van der Waals surface area contributed by atoms with Crippen molar-refractivity contribution in [2.45, 2.75) is 38.1 Å². The van der Waals surface area contributed by atoms with Gasteiger partial charge in [-0.3, -0.25) is 0 Å². The number of rotatable bonds is 3. The van der Waals surface area contributed by atoms with E-state index in [1.165, 1.54) is 12.8 Å². The van der Waals surface area contributed by atoms with Gasteiger partial charge in [0.2, 0.25) is 0 Å². The largest absolute Gasteiger partial charge is 0.497 e. The summed E-state index contributed by atoms with van der Waals surface area (Å²) in [7, 11) is 3.36. The second-order valence-corrected chi connectivity index (χ2v) is 4.88. The minimum absolute atomic E-state index is 0.221. The van der Waals surface area contributed by atoms with Gasteiger partial charge in [0, 0.05) is 17.2 Å². The van der Waals surface area contributed by atoms with E-state index in [4.69, 9.17) is 15.2 Å². The van der Waals surface area contributed by atoms with Gasteiger partial charge < -0.3 is 15.2 Å². The molecule has 1 saturated carbocycles. The van der Waals surface area contributed by atoms with Gasteiger partial charge in [-0.25, -0.2) is 0 Å². The molecule has 0 amide bonds. The molecule has 0 unspecified atom stereocenters. The minimum atomic E-state index is -0.221. The summed E-state index contributed by atoms with van der Waals surface area (Å²) in [5.41, 5.74) is 8.62. The monoisotopic (exact) mass is 235 g/mol. The summed E-state index contributed by atoms with van der Waals surface area (Å²) in [5, 5.41) is 0. The van der Waals surface area contributed by atoms with E-state index in [0.717, 1.165) is 35.5 Å². The highest BCUT2D eigenvalue weighted by molar-refractivity contribution is 5.50. The summed E-state index contributed by atoms with van der Waals surface area (Å²) in [6, 6.07) is 3.96. The average Bonchev–Trinajstić information content (AvgIpc) is 2.75. The molecule has 0 saturated heterocycles. The molecule has 1 aliphatic rings. The highest BCUT2D eigenvalue weighted by atomic mass is 16.5. The molecule has 0 aliphatic heterocycles. The zero-order chi connectivity index (χ0) is 12.5. The predicted molar refractivity (Wildman–Crippen MR) is 68.6 cm³/mol. The van der Waals surface area contributed by atoms with Crippen LogP contribution in [0.15, 0.2) is 12.1 Å². The van der Waals surface area contributed by atoms with E-state index in [1.54, 1.807) is 14.2 Å². The van der Waals surface area contributed by atoms with Crippen LogP contribution < -0.4 is 15.2 Å². The number of benzene rings is 1. The lowest BCUT2D eigenvalue weighted by Crippen LogP contribution is -2.34. The van der Waals surface area contributed by atoms with Crippen LogP contribution in [0.5, 0.6) is 11.5 Å². The lowest BCUT2D eigenvalue weighted by molar-refractivity contribution is 0.368. The Morgan fingerprint density at radius 3 is 2.29 bits per heavy atom. The molecule has 94 valence electrons. The smallest absolute Gasteiger partial charge is 0.127 e. The molecule has 3 nitrogen and oxygen atoms in total. The van der Waals surface area contributed by atoms with Crippen LogP contribution in [0.2, 0.25) is 0 Å². The summed E-state index contributed by atoms with van der Waals surface area (Å²) >= 11 is 0. The molecule has 3 heteroatoms. The van der Waals surface area contributed by atoms with Crippen molar-refractivity contribution < 1.29 is 9.47 Å². The Kier molecular flexibility index (Phi) is 3.29. The number of ether oxygens (including phenoxy) is 2. The van der Waals surface area contributed by atoms with Crippen LogP contribution in [0.4, 0.5) is 0 Å². The maximum absolute atomic E-state index is 6.53. The predicted octanol–water partition coefficient (Wildman–Crippen LogP) is 2.74. The maximum Gasteiger partial charge on any atom is 0.127 e. The molecule has 2 rings (SSSR count). The van der Waals surface area contributed by atoms with Gasteiger partial charge in [-0.05, 0) is 31.4 Å². The van der Waals surface area contributed by atoms with Gasteiger partial charge in [0.1, 0.15) is 11.5 Å². The van der Waals surface area contributed by atoms with Crippen LogP contribution in [0.25, 0.3) is 0 Å². The first kappa shape index (κ1) is 12.2. The molecular weight excluding hydrogens is 214 g/mol. The fraction of sp³-hybridized carbons (Fsp3) is 0.571. The lowest BCUT2D eigenvalue weighted by atomic mass is 9.85. The fourth-order valence-corrected chi connectivity index (χ4v) is 2.90. The van der Waals surface area contributed by atoms with Crippen LogP contribution >= 0.6 is 0 Å². The molecular formula is C14H21NO2. The van der Waals surface area contributed by atoms with Crippen molar-refractivity contribution in [1.29, 1.82) is 0 Å². The van der Waals surface area contributed by atoms with Gasteiger partial charge in [0.05, 0.1) is 14.2 Å². The Morgan fingerprint density at radius 1 is 1.12 bits per heavy atom. The van der Waals surface area contributed by atoms with Gasteiger partial charge in [-0.15, -0.1) is 0 Å². The van der Waals surface area contributed by atoms with Crippen LogP contribution in [-0.2, 0) is 5.54 Å². The Labute approximate surface area is 103 Å². The minimum Gasteiger partial charge on any atom is -0.497 e.